The maximum atomic E-state index is 5.34. The molecule has 0 rings (SSSR count). The second-order valence-electron chi connectivity index (χ2n) is 0.917. The van der Waals surface area contributed by atoms with Gasteiger partial charge in [-0.1, -0.05) is 0 Å². The molecular formula is C4H9ClOS. The van der Waals surface area contributed by atoms with Gasteiger partial charge in [-0.15, -0.1) is 11.6 Å². The van der Waals surface area contributed by atoms with E-state index < -0.39 is 0 Å². The SMILES string of the molecule is CCOSCCCl. The molecule has 0 bridgehead atoms. The Morgan fingerprint density at radius 1 is 1.71 bits per heavy atom. The van der Waals surface area contributed by atoms with Crippen LogP contribution >= 0.6 is 23.6 Å². The van der Waals surface area contributed by atoms with Gasteiger partial charge in [0, 0.05) is 11.6 Å². The number of hydrogen-bond donors (Lipinski definition) is 0. The molecule has 0 saturated heterocycles. The van der Waals surface area contributed by atoms with Crippen LogP contribution in [0.4, 0.5) is 0 Å². The Hall–Kier alpha value is 0.600. The van der Waals surface area contributed by atoms with E-state index in [0.717, 1.165) is 12.4 Å². The molecule has 7 heavy (non-hydrogen) atoms. The summed E-state index contributed by atoms with van der Waals surface area (Å²) >= 11 is 6.76. The van der Waals surface area contributed by atoms with Crippen molar-refractivity contribution in [1.82, 2.24) is 0 Å². The van der Waals surface area contributed by atoms with Gasteiger partial charge in [0.05, 0.1) is 6.61 Å². The normalized spacial score (nSPS) is 9.43. The molecule has 0 aliphatic carbocycles. The molecule has 44 valence electrons. The molecule has 0 aromatic heterocycles. The minimum atomic E-state index is 0.671. The lowest BCUT2D eigenvalue weighted by molar-refractivity contribution is 0.402. The third-order valence-electron chi connectivity index (χ3n) is 0.362. The number of hydrogen-bond acceptors (Lipinski definition) is 2. The van der Waals surface area contributed by atoms with E-state index >= 15 is 0 Å². The van der Waals surface area contributed by atoms with Crippen LogP contribution in [0, 0.1) is 0 Å². The number of rotatable bonds is 4. The topological polar surface area (TPSA) is 9.23 Å². The zero-order chi connectivity index (χ0) is 5.54. The first-order valence-corrected chi connectivity index (χ1v) is 3.66. The highest BCUT2D eigenvalue weighted by Gasteiger charge is 1.81. The second kappa shape index (κ2) is 6.60. The van der Waals surface area contributed by atoms with Gasteiger partial charge >= 0.3 is 0 Å². The molecule has 0 amide bonds. The quantitative estimate of drug-likeness (QED) is 0.335. The monoisotopic (exact) mass is 140 g/mol. The van der Waals surface area contributed by atoms with Crippen LogP contribution in [0.3, 0.4) is 0 Å². The third kappa shape index (κ3) is 6.60. The molecule has 0 aromatic carbocycles. The Morgan fingerprint density at radius 3 is 2.86 bits per heavy atom. The van der Waals surface area contributed by atoms with Crippen LogP contribution < -0.4 is 0 Å². The van der Waals surface area contributed by atoms with E-state index in [0.29, 0.717) is 5.88 Å². The van der Waals surface area contributed by atoms with Gasteiger partial charge in [0.2, 0.25) is 0 Å². The third-order valence-corrected chi connectivity index (χ3v) is 1.55. The smallest absolute Gasteiger partial charge is 0.0585 e. The Morgan fingerprint density at radius 2 is 2.43 bits per heavy atom. The van der Waals surface area contributed by atoms with Gasteiger partial charge in [0.15, 0.2) is 0 Å². The van der Waals surface area contributed by atoms with Crippen LogP contribution in [0.1, 0.15) is 6.92 Å². The molecular weight excluding hydrogens is 132 g/mol. The summed E-state index contributed by atoms with van der Waals surface area (Å²) in [6, 6.07) is 0. The van der Waals surface area contributed by atoms with Crippen molar-refractivity contribution in [1.29, 1.82) is 0 Å². The molecule has 0 saturated carbocycles. The van der Waals surface area contributed by atoms with E-state index in [1.54, 1.807) is 0 Å². The second-order valence-corrected chi connectivity index (χ2v) is 2.18. The van der Waals surface area contributed by atoms with Crippen LogP contribution in [-0.4, -0.2) is 18.2 Å². The van der Waals surface area contributed by atoms with E-state index in [1.807, 2.05) is 6.92 Å². The van der Waals surface area contributed by atoms with Crippen molar-refractivity contribution in [2.24, 2.45) is 0 Å². The van der Waals surface area contributed by atoms with Crippen LogP contribution in [-0.2, 0) is 4.18 Å². The molecule has 0 aromatic rings. The standard InChI is InChI=1S/C4H9ClOS/c1-2-6-7-4-3-5/h2-4H2,1H3. The van der Waals surface area contributed by atoms with E-state index in [9.17, 15) is 0 Å². The van der Waals surface area contributed by atoms with Gasteiger partial charge < -0.3 is 4.18 Å². The first-order valence-electron chi connectivity index (χ1n) is 2.22. The molecule has 0 heterocycles. The van der Waals surface area contributed by atoms with Gasteiger partial charge in [-0.3, -0.25) is 0 Å². The molecule has 3 heteroatoms. The summed E-state index contributed by atoms with van der Waals surface area (Å²) in [6.07, 6.45) is 0. The number of alkyl halides is 1. The van der Waals surface area contributed by atoms with Gasteiger partial charge in [0.1, 0.15) is 0 Å². The molecule has 1 nitrogen and oxygen atoms in total. The fraction of sp³-hybridized carbons (Fsp3) is 1.00. The van der Waals surface area contributed by atoms with Gasteiger partial charge in [-0.25, -0.2) is 0 Å². The maximum absolute atomic E-state index is 5.34. The van der Waals surface area contributed by atoms with Crippen LogP contribution in [0.25, 0.3) is 0 Å². The zero-order valence-corrected chi connectivity index (χ0v) is 5.89. The summed E-state index contributed by atoms with van der Waals surface area (Å²) in [4.78, 5) is 0. The van der Waals surface area contributed by atoms with Crippen molar-refractivity contribution in [3.63, 3.8) is 0 Å². The summed E-state index contributed by atoms with van der Waals surface area (Å²) in [7, 11) is 0. The fourth-order valence-corrected chi connectivity index (χ4v) is 0.710. The maximum Gasteiger partial charge on any atom is 0.0585 e. The summed E-state index contributed by atoms with van der Waals surface area (Å²) in [5.41, 5.74) is 0. The molecule has 0 aliphatic rings. The lowest BCUT2D eigenvalue weighted by Gasteiger charge is -1.92. The molecule has 0 spiro atoms. The van der Waals surface area contributed by atoms with Gasteiger partial charge in [-0.05, 0) is 19.0 Å². The van der Waals surface area contributed by atoms with Crippen molar-refractivity contribution in [3.05, 3.63) is 0 Å². The molecule has 0 aliphatic heterocycles. The van der Waals surface area contributed by atoms with E-state index in [-0.39, 0.29) is 0 Å². The summed E-state index contributed by atoms with van der Waals surface area (Å²) in [5.74, 6) is 1.56. The Kier molecular flexibility index (Phi) is 7.17. The number of halogens is 1. The van der Waals surface area contributed by atoms with Crippen molar-refractivity contribution < 1.29 is 4.18 Å². The summed E-state index contributed by atoms with van der Waals surface area (Å²) in [5, 5.41) is 0. The summed E-state index contributed by atoms with van der Waals surface area (Å²) < 4.78 is 4.91. The molecule has 0 atom stereocenters. The molecule has 0 unspecified atom stereocenters. The van der Waals surface area contributed by atoms with Crippen molar-refractivity contribution in [2.75, 3.05) is 18.2 Å². The Bertz CT molecular complexity index is 30.9. The highest BCUT2D eigenvalue weighted by molar-refractivity contribution is 7.94. The minimum Gasteiger partial charge on any atom is -0.316 e. The van der Waals surface area contributed by atoms with Crippen molar-refractivity contribution >= 4 is 23.6 Å². The van der Waals surface area contributed by atoms with Crippen LogP contribution in [0.2, 0.25) is 0 Å². The fourth-order valence-electron chi connectivity index (χ4n) is 0.174. The van der Waals surface area contributed by atoms with Crippen LogP contribution in [0.15, 0.2) is 0 Å². The van der Waals surface area contributed by atoms with E-state index in [4.69, 9.17) is 15.8 Å². The molecule has 0 radical (unpaired) electrons. The highest BCUT2D eigenvalue weighted by atomic mass is 35.5. The highest BCUT2D eigenvalue weighted by Crippen LogP contribution is 2.00. The van der Waals surface area contributed by atoms with Gasteiger partial charge in [-0.2, -0.15) is 0 Å². The van der Waals surface area contributed by atoms with E-state index in [2.05, 4.69) is 0 Å². The Balaban J connectivity index is 2.45. The average Bonchev–Trinajstić information content (AvgIpc) is 1.69. The first kappa shape index (κ1) is 7.60. The van der Waals surface area contributed by atoms with Crippen molar-refractivity contribution in [3.8, 4) is 0 Å². The lowest BCUT2D eigenvalue weighted by Crippen LogP contribution is -1.81. The largest absolute Gasteiger partial charge is 0.316 e. The first-order chi connectivity index (χ1) is 3.41. The molecule has 0 N–H and O–H groups in total. The predicted octanol–water partition coefficient (Wildman–Crippen LogP) is 1.91. The van der Waals surface area contributed by atoms with E-state index in [1.165, 1.54) is 12.0 Å². The van der Waals surface area contributed by atoms with Crippen LogP contribution in [0.5, 0.6) is 0 Å². The predicted molar refractivity (Wildman–Crippen MR) is 34.8 cm³/mol. The minimum absolute atomic E-state index is 0.671. The lowest BCUT2D eigenvalue weighted by atomic mass is 10.9. The summed E-state index contributed by atoms with van der Waals surface area (Å²) in [6.45, 7) is 2.72. The average molecular weight is 141 g/mol. The van der Waals surface area contributed by atoms with Crippen molar-refractivity contribution in [2.45, 2.75) is 6.92 Å². The molecule has 0 fully saturated rings. The van der Waals surface area contributed by atoms with Gasteiger partial charge in [0.25, 0.3) is 0 Å². The Labute approximate surface area is 53.6 Å². The zero-order valence-electron chi connectivity index (χ0n) is 4.32.